The molecule has 1 aliphatic rings. The van der Waals surface area contributed by atoms with Gasteiger partial charge in [-0.05, 0) is 113 Å². The monoisotopic (exact) mass is 686 g/mol. The SMILES string of the molecule is COC(=O)c1cc(C)cc(N2CCCn3c(c(CCCOc4cc(C)c(Cl)c(C)c4)c4ccc(Cl)c(-c5c(C)nn(C)c5C)c43)C2=O)c1. The molecule has 0 atom stereocenters. The Labute approximate surface area is 291 Å². The van der Waals surface area contributed by atoms with Crippen molar-refractivity contribution in [1.82, 2.24) is 14.3 Å². The molecule has 1 amide bonds. The van der Waals surface area contributed by atoms with Crippen molar-refractivity contribution in [2.24, 2.45) is 7.05 Å². The summed E-state index contributed by atoms with van der Waals surface area (Å²) in [5, 5.41) is 7.04. The first-order valence-corrected chi connectivity index (χ1v) is 16.9. The maximum absolute atomic E-state index is 14.8. The molecule has 5 aromatic rings. The van der Waals surface area contributed by atoms with E-state index in [1.807, 2.05) is 76.7 Å². The number of fused-ring (bicyclic) bond motifs is 3. The van der Waals surface area contributed by atoms with Gasteiger partial charge in [-0.25, -0.2) is 4.79 Å². The number of carbonyl (C=O) groups is 2. The van der Waals surface area contributed by atoms with Crippen LogP contribution in [-0.4, -0.2) is 46.5 Å². The van der Waals surface area contributed by atoms with Crippen molar-refractivity contribution in [2.75, 3.05) is 25.2 Å². The highest BCUT2D eigenvalue weighted by Crippen LogP contribution is 2.43. The van der Waals surface area contributed by atoms with Gasteiger partial charge in [0.1, 0.15) is 11.4 Å². The van der Waals surface area contributed by atoms with Gasteiger partial charge in [0.15, 0.2) is 0 Å². The first kappa shape index (κ1) is 33.6. The molecule has 0 saturated heterocycles. The Balaban J connectivity index is 1.48. The molecular weight excluding hydrogens is 647 g/mol. The topological polar surface area (TPSA) is 78.6 Å². The lowest BCUT2D eigenvalue weighted by Crippen LogP contribution is -2.32. The number of aryl methyl sites for hydroxylation is 7. The van der Waals surface area contributed by atoms with Crippen LogP contribution in [0.2, 0.25) is 10.0 Å². The van der Waals surface area contributed by atoms with E-state index in [-0.39, 0.29) is 5.91 Å². The summed E-state index contributed by atoms with van der Waals surface area (Å²) >= 11 is 13.4. The van der Waals surface area contributed by atoms with E-state index in [1.54, 1.807) is 17.0 Å². The summed E-state index contributed by atoms with van der Waals surface area (Å²) in [5.41, 5.74) is 10.1. The van der Waals surface area contributed by atoms with Gasteiger partial charge in [0.25, 0.3) is 5.91 Å². The van der Waals surface area contributed by atoms with Crippen molar-refractivity contribution in [2.45, 2.75) is 60.4 Å². The summed E-state index contributed by atoms with van der Waals surface area (Å²) in [4.78, 5) is 29.1. The average Bonchev–Trinajstić information content (AvgIpc) is 3.42. The van der Waals surface area contributed by atoms with Gasteiger partial charge in [0, 0.05) is 53.1 Å². The Morgan fingerprint density at radius 3 is 2.35 bits per heavy atom. The van der Waals surface area contributed by atoms with Crippen molar-refractivity contribution in [1.29, 1.82) is 0 Å². The lowest BCUT2D eigenvalue weighted by Gasteiger charge is -2.22. The smallest absolute Gasteiger partial charge is 0.337 e. The zero-order valence-corrected chi connectivity index (χ0v) is 30.0. The van der Waals surface area contributed by atoms with E-state index in [0.717, 1.165) is 66.4 Å². The lowest BCUT2D eigenvalue weighted by molar-refractivity contribution is 0.0600. The van der Waals surface area contributed by atoms with Crippen LogP contribution in [0.15, 0.2) is 42.5 Å². The zero-order chi connectivity index (χ0) is 34.4. The van der Waals surface area contributed by atoms with Crippen LogP contribution in [-0.2, 0) is 24.8 Å². The second kappa shape index (κ2) is 13.3. The average molecular weight is 688 g/mol. The maximum Gasteiger partial charge on any atom is 0.337 e. The molecule has 0 unspecified atom stereocenters. The summed E-state index contributed by atoms with van der Waals surface area (Å²) in [6, 6.07) is 13.3. The minimum absolute atomic E-state index is 0.119. The number of halogens is 2. The number of nitrogens with zero attached hydrogens (tertiary/aromatic N) is 4. The Morgan fingerprint density at radius 2 is 1.69 bits per heavy atom. The number of ether oxygens (including phenoxy) is 2. The third-order valence-electron chi connectivity index (χ3n) is 9.29. The molecule has 10 heteroatoms. The number of carbonyl (C=O) groups excluding carboxylic acids is 2. The molecule has 48 heavy (non-hydrogen) atoms. The van der Waals surface area contributed by atoms with Crippen LogP contribution < -0.4 is 9.64 Å². The van der Waals surface area contributed by atoms with Gasteiger partial charge < -0.3 is 18.9 Å². The van der Waals surface area contributed by atoms with Gasteiger partial charge in [-0.3, -0.25) is 9.48 Å². The largest absolute Gasteiger partial charge is 0.494 e. The Bertz CT molecular complexity index is 2070. The molecule has 8 nitrogen and oxygen atoms in total. The molecule has 3 heterocycles. The van der Waals surface area contributed by atoms with Crippen LogP contribution in [0.5, 0.6) is 5.75 Å². The molecule has 0 fully saturated rings. The lowest BCUT2D eigenvalue weighted by atomic mass is 9.98. The normalized spacial score (nSPS) is 13.2. The number of benzene rings is 3. The minimum atomic E-state index is -0.440. The summed E-state index contributed by atoms with van der Waals surface area (Å²) in [7, 11) is 3.29. The van der Waals surface area contributed by atoms with Gasteiger partial charge in [-0.15, -0.1) is 0 Å². The summed E-state index contributed by atoms with van der Waals surface area (Å²) in [6.07, 6.45) is 2.00. The van der Waals surface area contributed by atoms with E-state index in [9.17, 15) is 9.59 Å². The highest BCUT2D eigenvalue weighted by atomic mass is 35.5. The number of anilines is 1. The molecule has 0 N–H and O–H groups in total. The molecule has 0 aliphatic carbocycles. The number of hydrogen-bond donors (Lipinski definition) is 0. The van der Waals surface area contributed by atoms with Crippen LogP contribution in [0.3, 0.4) is 0 Å². The highest BCUT2D eigenvalue weighted by molar-refractivity contribution is 6.35. The molecule has 3 aromatic carbocycles. The fourth-order valence-electron chi connectivity index (χ4n) is 7.03. The quantitative estimate of drug-likeness (QED) is 0.120. The summed E-state index contributed by atoms with van der Waals surface area (Å²) < 4.78 is 15.2. The van der Waals surface area contributed by atoms with Gasteiger partial charge in [0.2, 0.25) is 0 Å². The molecule has 2 aromatic heterocycles. The number of methoxy groups -OCH3 is 1. The van der Waals surface area contributed by atoms with Gasteiger partial charge in [-0.2, -0.15) is 5.10 Å². The molecular formula is C38H40Cl2N4O4. The number of hydrogen-bond acceptors (Lipinski definition) is 5. The fraction of sp³-hybridized carbons (Fsp3) is 0.342. The third-order valence-corrected chi connectivity index (χ3v) is 10.2. The predicted molar refractivity (Wildman–Crippen MR) is 192 cm³/mol. The summed E-state index contributed by atoms with van der Waals surface area (Å²) in [6.45, 7) is 11.5. The summed E-state index contributed by atoms with van der Waals surface area (Å²) in [5.74, 6) is 0.214. The highest BCUT2D eigenvalue weighted by Gasteiger charge is 2.32. The van der Waals surface area contributed by atoms with E-state index in [2.05, 4.69) is 4.57 Å². The van der Waals surface area contributed by atoms with Crippen molar-refractivity contribution >= 4 is 51.7 Å². The second-order valence-electron chi connectivity index (χ2n) is 12.6. The first-order chi connectivity index (χ1) is 22.9. The number of aromatic nitrogens is 3. The minimum Gasteiger partial charge on any atom is -0.494 e. The van der Waals surface area contributed by atoms with Gasteiger partial charge >= 0.3 is 5.97 Å². The first-order valence-electron chi connectivity index (χ1n) is 16.2. The van der Waals surface area contributed by atoms with Crippen LogP contribution in [0.4, 0.5) is 5.69 Å². The van der Waals surface area contributed by atoms with Crippen molar-refractivity contribution in [3.05, 3.63) is 97.4 Å². The van der Waals surface area contributed by atoms with E-state index >= 15 is 0 Å². The zero-order valence-electron chi connectivity index (χ0n) is 28.5. The fourth-order valence-corrected chi connectivity index (χ4v) is 7.39. The second-order valence-corrected chi connectivity index (χ2v) is 13.4. The Kier molecular flexibility index (Phi) is 9.33. The standard InChI is InChI=1S/C38H40Cl2N4O4/c1-21-16-26(38(46)47-7)20-27(17-21)43-13-9-14-44-35-30(11-12-31(39)33(35)32-24(4)41-42(6)25(32)5)29(36(44)37(43)45)10-8-15-48-28-18-22(2)34(40)23(3)19-28/h11-12,16-20H,8-10,13-15H2,1-7H3. The Morgan fingerprint density at radius 1 is 0.958 bits per heavy atom. The molecule has 0 saturated carbocycles. The van der Waals surface area contributed by atoms with Crippen LogP contribution in [0, 0.1) is 34.6 Å². The van der Waals surface area contributed by atoms with Gasteiger partial charge in [0.05, 0.1) is 35.5 Å². The number of rotatable bonds is 8. The van der Waals surface area contributed by atoms with E-state index in [4.69, 9.17) is 37.8 Å². The van der Waals surface area contributed by atoms with Crippen molar-refractivity contribution in [3.63, 3.8) is 0 Å². The predicted octanol–water partition coefficient (Wildman–Crippen LogP) is 8.74. The molecule has 0 radical (unpaired) electrons. The van der Waals surface area contributed by atoms with Crippen LogP contribution in [0.25, 0.3) is 22.0 Å². The molecule has 6 rings (SSSR count). The molecule has 0 bridgehead atoms. The van der Waals surface area contributed by atoms with Crippen LogP contribution >= 0.6 is 23.2 Å². The van der Waals surface area contributed by atoms with E-state index in [0.29, 0.717) is 60.9 Å². The maximum atomic E-state index is 14.8. The molecule has 250 valence electrons. The third kappa shape index (κ3) is 5.96. The van der Waals surface area contributed by atoms with Crippen LogP contribution in [0.1, 0.15) is 67.3 Å². The van der Waals surface area contributed by atoms with Crippen molar-refractivity contribution in [3.8, 4) is 16.9 Å². The van der Waals surface area contributed by atoms with Crippen molar-refractivity contribution < 1.29 is 19.1 Å². The number of esters is 1. The molecule has 0 spiro atoms. The number of amides is 1. The van der Waals surface area contributed by atoms with Gasteiger partial charge in [-0.1, -0.05) is 29.3 Å². The van der Waals surface area contributed by atoms with E-state index < -0.39 is 5.97 Å². The van der Waals surface area contributed by atoms with E-state index in [1.165, 1.54) is 7.11 Å². The Hall–Kier alpha value is -4.27. The molecule has 1 aliphatic heterocycles.